The molecule has 1 aromatic carbocycles. The van der Waals surface area contributed by atoms with Crippen molar-refractivity contribution in [2.45, 2.75) is 29.9 Å². The molecule has 11 heteroatoms. The summed E-state index contributed by atoms with van der Waals surface area (Å²) in [6.07, 6.45) is 1.66. The number of amides is 1. The molecule has 4 rings (SSSR count). The third-order valence-electron chi connectivity index (χ3n) is 4.02. The van der Waals surface area contributed by atoms with Gasteiger partial charge < -0.3 is 5.32 Å². The first-order valence-corrected chi connectivity index (χ1v) is 12.2. The van der Waals surface area contributed by atoms with Crippen LogP contribution in [0.1, 0.15) is 17.2 Å². The van der Waals surface area contributed by atoms with E-state index in [0.717, 1.165) is 22.9 Å². The Morgan fingerprint density at radius 3 is 2.58 bits per heavy atom. The van der Waals surface area contributed by atoms with E-state index in [2.05, 4.69) is 30.5 Å². The second kappa shape index (κ2) is 10.0. The maximum Gasteiger partial charge on any atom is 0.236 e. The van der Waals surface area contributed by atoms with Crippen molar-refractivity contribution in [1.29, 1.82) is 0 Å². The van der Waals surface area contributed by atoms with Crippen LogP contribution in [0.15, 0.2) is 58.3 Å². The zero-order valence-corrected chi connectivity index (χ0v) is 19.3. The SMILES string of the molecule is Cc1cc(C)nc(SCc2nnc(SCC(=O)Nc3nccs3)n2-c2ccccc2)n1. The van der Waals surface area contributed by atoms with Crippen LogP contribution in [0.25, 0.3) is 5.69 Å². The van der Waals surface area contributed by atoms with Crippen LogP contribution in [0.3, 0.4) is 0 Å². The number of thiazole rings is 1. The van der Waals surface area contributed by atoms with Crippen LogP contribution in [-0.2, 0) is 10.5 Å². The van der Waals surface area contributed by atoms with Gasteiger partial charge in [0.15, 0.2) is 15.4 Å². The number of para-hydroxylation sites is 1. The monoisotopic (exact) mass is 469 g/mol. The standard InChI is InChI=1S/C20H19N7OS3/c1-13-10-14(2)23-19(22-13)30-11-16-25-26-20(27(16)15-6-4-3-5-7-15)31-12-17(28)24-18-21-8-9-29-18/h3-10H,11-12H2,1-2H3,(H,21,24,28). The maximum absolute atomic E-state index is 12.3. The molecule has 0 atom stereocenters. The summed E-state index contributed by atoms with van der Waals surface area (Å²) < 4.78 is 1.97. The largest absolute Gasteiger partial charge is 0.301 e. The highest BCUT2D eigenvalue weighted by molar-refractivity contribution is 7.99. The number of carbonyl (C=O) groups excluding carboxylic acids is 1. The molecule has 0 saturated heterocycles. The Balaban J connectivity index is 1.52. The normalized spacial score (nSPS) is 10.9. The summed E-state index contributed by atoms with van der Waals surface area (Å²) >= 11 is 4.23. The van der Waals surface area contributed by atoms with Crippen LogP contribution in [0.4, 0.5) is 5.13 Å². The number of benzene rings is 1. The van der Waals surface area contributed by atoms with Crippen LogP contribution in [0.5, 0.6) is 0 Å². The summed E-state index contributed by atoms with van der Waals surface area (Å²) in [5, 5.41) is 15.3. The number of nitrogens with zero attached hydrogens (tertiary/aromatic N) is 6. The Labute approximate surface area is 192 Å². The number of nitrogens with one attached hydrogen (secondary N) is 1. The van der Waals surface area contributed by atoms with E-state index in [9.17, 15) is 4.79 Å². The van der Waals surface area contributed by atoms with E-state index < -0.39 is 0 Å². The summed E-state index contributed by atoms with van der Waals surface area (Å²) in [7, 11) is 0. The Morgan fingerprint density at radius 2 is 1.87 bits per heavy atom. The maximum atomic E-state index is 12.3. The summed E-state index contributed by atoms with van der Waals surface area (Å²) in [5.41, 5.74) is 2.80. The Hall–Kier alpha value is -2.76. The van der Waals surface area contributed by atoms with Crippen molar-refractivity contribution in [3.8, 4) is 5.69 Å². The van der Waals surface area contributed by atoms with E-state index in [0.29, 0.717) is 21.2 Å². The predicted molar refractivity (Wildman–Crippen MR) is 124 cm³/mol. The van der Waals surface area contributed by atoms with Crippen molar-refractivity contribution >= 4 is 45.9 Å². The minimum absolute atomic E-state index is 0.137. The molecule has 0 saturated carbocycles. The Morgan fingerprint density at radius 1 is 1.10 bits per heavy atom. The first-order chi connectivity index (χ1) is 15.1. The molecule has 0 aliphatic rings. The highest BCUT2D eigenvalue weighted by Crippen LogP contribution is 2.26. The first kappa shape index (κ1) is 21.5. The highest BCUT2D eigenvalue weighted by atomic mass is 32.2. The molecular weight excluding hydrogens is 450 g/mol. The number of hydrogen-bond acceptors (Lipinski definition) is 9. The van der Waals surface area contributed by atoms with E-state index in [4.69, 9.17) is 0 Å². The number of thioether (sulfide) groups is 2. The fourth-order valence-electron chi connectivity index (χ4n) is 2.78. The molecule has 0 unspecified atom stereocenters. The number of carbonyl (C=O) groups is 1. The van der Waals surface area contributed by atoms with Gasteiger partial charge in [0, 0.05) is 28.7 Å². The van der Waals surface area contributed by atoms with Gasteiger partial charge in [-0.15, -0.1) is 21.5 Å². The molecule has 158 valence electrons. The van der Waals surface area contributed by atoms with Gasteiger partial charge in [-0.25, -0.2) is 15.0 Å². The summed E-state index contributed by atoms with van der Waals surface area (Å²) in [5.74, 6) is 1.39. The van der Waals surface area contributed by atoms with Crippen LogP contribution < -0.4 is 5.32 Å². The molecule has 0 aliphatic heterocycles. The molecule has 8 nitrogen and oxygen atoms in total. The van der Waals surface area contributed by atoms with Gasteiger partial charge in [-0.1, -0.05) is 41.7 Å². The number of aryl methyl sites for hydroxylation is 2. The number of rotatable bonds is 8. The fraction of sp³-hybridized carbons (Fsp3) is 0.200. The molecule has 0 fully saturated rings. The van der Waals surface area contributed by atoms with Crippen LogP contribution in [0.2, 0.25) is 0 Å². The van der Waals surface area contributed by atoms with Gasteiger partial charge in [-0.05, 0) is 32.0 Å². The van der Waals surface area contributed by atoms with Crippen molar-refractivity contribution in [2.24, 2.45) is 0 Å². The Bertz CT molecular complexity index is 1140. The molecule has 3 aromatic heterocycles. The van der Waals surface area contributed by atoms with Gasteiger partial charge in [0.05, 0.1) is 11.5 Å². The van der Waals surface area contributed by atoms with E-state index in [1.807, 2.05) is 60.2 Å². The highest BCUT2D eigenvalue weighted by Gasteiger charge is 2.17. The van der Waals surface area contributed by atoms with Gasteiger partial charge in [0.25, 0.3) is 0 Å². The van der Waals surface area contributed by atoms with Crippen molar-refractivity contribution in [1.82, 2.24) is 29.7 Å². The molecule has 3 heterocycles. The first-order valence-electron chi connectivity index (χ1n) is 9.35. The number of anilines is 1. The minimum Gasteiger partial charge on any atom is -0.301 e. The molecule has 1 N–H and O–H groups in total. The van der Waals surface area contributed by atoms with Crippen LogP contribution in [0, 0.1) is 13.8 Å². The molecule has 0 aliphatic carbocycles. The lowest BCUT2D eigenvalue weighted by molar-refractivity contribution is -0.113. The van der Waals surface area contributed by atoms with Gasteiger partial charge in [-0.2, -0.15) is 0 Å². The molecule has 0 radical (unpaired) electrons. The summed E-state index contributed by atoms with van der Waals surface area (Å²) in [6.45, 7) is 3.91. The fourth-order valence-corrected chi connectivity index (χ4v) is 4.96. The minimum atomic E-state index is -0.137. The molecule has 0 bridgehead atoms. The Kier molecular flexibility index (Phi) is 6.95. The topological polar surface area (TPSA) is 98.5 Å². The van der Waals surface area contributed by atoms with Gasteiger partial charge in [0.2, 0.25) is 5.91 Å². The van der Waals surface area contributed by atoms with Crippen molar-refractivity contribution in [3.63, 3.8) is 0 Å². The number of hydrogen-bond donors (Lipinski definition) is 1. The lowest BCUT2D eigenvalue weighted by atomic mass is 10.3. The summed E-state index contributed by atoms with van der Waals surface area (Å²) in [6, 6.07) is 11.8. The van der Waals surface area contributed by atoms with Crippen molar-refractivity contribution in [2.75, 3.05) is 11.1 Å². The van der Waals surface area contributed by atoms with Crippen LogP contribution >= 0.6 is 34.9 Å². The van der Waals surface area contributed by atoms with E-state index in [1.165, 1.54) is 34.9 Å². The molecular formula is C20H19N7OS3. The molecule has 31 heavy (non-hydrogen) atoms. The molecule has 0 spiro atoms. The molecule has 4 aromatic rings. The summed E-state index contributed by atoms with van der Waals surface area (Å²) in [4.78, 5) is 25.3. The average molecular weight is 470 g/mol. The smallest absolute Gasteiger partial charge is 0.236 e. The van der Waals surface area contributed by atoms with E-state index >= 15 is 0 Å². The second-order valence-corrected chi connectivity index (χ2v) is 9.25. The van der Waals surface area contributed by atoms with Crippen molar-refractivity contribution < 1.29 is 4.79 Å². The quantitative estimate of drug-likeness (QED) is 0.303. The van der Waals surface area contributed by atoms with Gasteiger partial charge >= 0.3 is 0 Å². The zero-order valence-electron chi connectivity index (χ0n) is 16.8. The number of aromatic nitrogens is 6. The van der Waals surface area contributed by atoms with Gasteiger partial charge in [0.1, 0.15) is 5.82 Å². The predicted octanol–water partition coefficient (Wildman–Crippen LogP) is 4.15. The lowest BCUT2D eigenvalue weighted by Crippen LogP contribution is -2.14. The third kappa shape index (κ3) is 5.69. The zero-order chi connectivity index (χ0) is 21.6. The third-order valence-corrected chi connectivity index (χ3v) is 6.48. The van der Waals surface area contributed by atoms with Crippen molar-refractivity contribution in [3.05, 3.63) is 65.2 Å². The van der Waals surface area contributed by atoms with Gasteiger partial charge in [-0.3, -0.25) is 9.36 Å². The lowest BCUT2D eigenvalue weighted by Gasteiger charge is -2.10. The molecule has 1 amide bonds. The average Bonchev–Trinajstić information content (AvgIpc) is 3.40. The van der Waals surface area contributed by atoms with E-state index in [1.54, 1.807) is 6.20 Å². The van der Waals surface area contributed by atoms with E-state index in [-0.39, 0.29) is 11.7 Å². The van der Waals surface area contributed by atoms with Crippen LogP contribution in [-0.4, -0.2) is 41.4 Å². The second-order valence-electron chi connectivity index (χ2n) is 6.47.